The first-order valence-electron chi connectivity index (χ1n) is 21.2. The molecule has 2 unspecified atom stereocenters. The Balaban J connectivity index is 1.53. The molecule has 4 rings (SSSR count). The van der Waals surface area contributed by atoms with Crippen LogP contribution in [0.2, 0.25) is 0 Å². The van der Waals surface area contributed by atoms with Crippen LogP contribution in [0.3, 0.4) is 0 Å². The maximum atomic E-state index is 12.6. The van der Waals surface area contributed by atoms with Crippen LogP contribution in [-0.2, 0) is 36.7 Å². The van der Waals surface area contributed by atoms with Gasteiger partial charge in [0.25, 0.3) is 15.6 Å². The maximum Gasteiger partial charge on any atom is 0.268 e. The molecule has 4 aliphatic carbocycles. The molecule has 0 radical (unpaired) electrons. The maximum absolute atomic E-state index is 12.6. The smallest absolute Gasteiger partial charge is 0.268 e. The third-order valence-corrected chi connectivity index (χ3v) is 16.1. The van der Waals surface area contributed by atoms with E-state index in [0.29, 0.717) is 39.8 Å². The highest BCUT2D eigenvalue weighted by Crippen LogP contribution is 2.69. The zero-order valence-electron chi connectivity index (χ0n) is 35.9. The number of fused-ring (bicyclic) bond motifs is 5. The third-order valence-electron chi connectivity index (χ3n) is 14.1. The van der Waals surface area contributed by atoms with Crippen molar-refractivity contribution < 1.29 is 60.6 Å². The lowest BCUT2D eigenvalue weighted by Crippen LogP contribution is -2.63. The van der Waals surface area contributed by atoms with Crippen molar-refractivity contribution in [1.82, 2.24) is 0 Å². The summed E-state index contributed by atoms with van der Waals surface area (Å²) in [5.41, 5.74) is -0.187. The van der Waals surface area contributed by atoms with Crippen LogP contribution >= 0.6 is 15.6 Å². The fourth-order valence-corrected chi connectivity index (χ4v) is 12.4. The van der Waals surface area contributed by atoms with Crippen LogP contribution in [0, 0.1) is 46.3 Å². The molecule has 15 heteroatoms. The number of unbranched alkanes of at least 4 members (excludes halogenated alkanes) is 2. The summed E-state index contributed by atoms with van der Waals surface area (Å²) in [5, 5.41) is 10.9. The number of hydrogen-bond acceptors (Lipinski definition) is 11. The first-order valence-corrected chi connectivity index (χ1v) is 24.2. The van der Waals surface area contributed by atoms with Gasteiger partial charge in [-0.1, -0.05) is 53.4 Å². The van der Waals surface area contributed by atoms with Crippen LogP contribution in [0.15, 0.2) is 0 Å². The van der Waals surface area contributed by atoms with Crippen LogP contribution in [-0.4, -0.2) is 127 Å². The van der Waals surface area contributed by atoms with E-state index in [0.717, 1.165) is 51.4 Å². The Morgan fingerprint density at radius 2 is 1.31 bits per heavy atom. The zero-order valence-corrected chi connectivity index (χ0v) is 37.7. The van der Waals surface area contributed by atoms with Gasteiger partial charge in [0.15, 0.2) is 0 Å². The Hall–Kier alpha value is 0.0200. The number of hydrogen-bond donors (Lipinski definition) is 1. The zero-order chi connectivity index (χ0) is 40.9. The fourth-order valence-electron chi connectivity index (χ4n) is 11.0. The van der Waals surface area contributed by atoms with Gasteiger partial charge in [-0.2, -0.15) is 0 Å². The number of aliphatic hydroxyl groups excluding tert-OH is 1. The Morgan fingerprint density at radius 3 is 1.87 bits per heavy atom. The van der Waals surface area contributed by atoms with Crippen LogP contribution in [0.4, 0.5) is 0 Å². The number of phosphoric ester groups is 2. The minimum atomic E-state index is -4.47. The second-order valence-electron chi connectivity index (χ2n) is 19.9. The van der Waals surface area contributed by atoms with Crippen LogP contribution in [0.5, 0.6) is 0 Å². The molecule has 13 atom stereocenters. The molecule has 324 valence electrons. The van der Waals surface area contributed by atoms with Gasteiger partial charge in [-0.3, -0.25) is 9.13 Å². The summed E-state index contributed by atoms with van der Waals surface area (Å²) in [7, 11) is 2.90. The minimum absolute atomic E-state index is 0.0151. The number of phosphoric acid groups is 2. The van der Waals surface area contributed by atoms with Gasteiger partial charge in [-0.15, -0.1) is 0 Å². The highest BCUT2D eigenvalue weighted by molar-refractivity contribution is 7.46. The molecule has 0 aromatic rings. The summed E-state index contributed by atoms with van der Waals surface area (Å²) >= 11 is 0. The first kappa shape index (κ1) is 47.7. The predicted octanol–water partition coefficient (Wildman–Crippen LogP) is 5.63. The second kappa shape index (κ2) is 19.6. The van der Waals surface area contributed by atoms with E-state index in [-0.39, 0.29) is 86.5 Å². The van der Waals surface area contributed by atoms with Gasteiger partial charge in [0, 0.05) is 5.41 Å². The van der Waals surface area contributed by atoms with E-state index >= 15 is 0 Å². The van der Waals surface area contributed by atoms with Crippen molar-refractivity contribution in [1.29, 1.82) is 0 Å². The molecule has 0 bridgehead atoms. The normalized spacial score (nSPS) is 36.7. The van der Waals surface area contributed by atoms with Crippen molar-refractivity contribution in [2.45, 2.75) is 117 Å². The Kier molecular flexibility index (Phi) is 17.0. The number of aliphatic hydroxyl groups is 1. The van der Waals surface area contributed by atoms with E-state index in [9.17, 15) is 24.0 Å². The van der Waals surface area contributed by atoms with Crippen LogP contribution in [0.1, 0.15) is 98.3 Å². The molecule has 0 saturated heterocycles. The van der Waals surface area contributed by atoms with Gasteiger partial charge in [-0.05, 0) is 85.9 Å². The van der Waals surface area contributed by atoms with Crippen molar-refractivity contribution in [3.63, 3.8) is 0 Å². The largest absolute Gasteiger partial charge is 0.756 e. The van der Waals surface area contributed by atoms with Crippen molar-refractivity contribution in [2.75, 3.05) is 95.0 Å². The highest BCUT2D eigenvalue weighted by Gasteiger charge is 2.66. The van der Waals surface area contributed by atoms with Crippen molar-refractivity contribution in [3.8, 4) is 0 Å². The predicted molar refractivity (Wildman–Crippen MR) is 210 cm³/mol. The summed E-state index contributed by atoms with van der Waals surface area (Å²) in [6.07, 6.45) is 10.4. The van der Waals surface area contributed by atoms with E-state index in [1.807, 2.05) is 42.3 Å². The molecule has 0 aliphatic heterocycles. The SMILES string of the molecule is CCCCC[C@@H](C)[C@H]1CC[C@H]2[C@@H]3[C@H](OCCOP(=O)([O-])OCC[N+](C)(C)C)C[C@@H]4C[C@H](O)CC[C@]4(C)[C@H]3C[C@H](OCCOP(=O)([O-])OCC[N+](C)(C)C)[C@]12C. The molecule has 4 fully saturated rings. The molecule has 4 aliphatic rings. The molecule has 0 aromatic carbocycles. The molecule has 0 spiro atoms. The van der Waals surface area contributed by atoms with Crippen molar-refractivity contribution in [2.24, 2.45) is 46.3 Å². The quantitative estimate of drug-likeness (QED) is 0.0775. The average molecular weight is 825 g/mol. The Morgan fingerprint density at radius 1 is 0.745 bits per heavy atom. The lowest BCUT2D eigenvalue weighted by Gasteiger charge is -2.64. The summed E-state index contributed by atoms with van der Waals surface area (Å²) in [6, 6.07) is 0. The molecule has 4 saturated carbocycles. The number of rotatable bonds is 23. The van der Waals surface area contributed by atoms with E-state index in [1.54, 1.807) is 0 Å². The molecule has 0 heterocycles. The van der Waals surface area contributed by atoms with Gasteiger partial charge >= 0.3 is 0 Å². The van der Waals surface area contributed by atoms with Crippen LogP contribution < -0.4 is 9.79 Å². The van der Waals surface area contributed by atoms with Crippen molar-refractivity contribution >= 4 is 15.6 Å². The lowest BCUT2D eigenvalue weighted by atomic mass is 9.43. The van der Waals surface area contributed by atoms with E-state index in [1.165, 1.54) is 19.3 Å². The number of ether oxygens (including phenoxy) is 2. The lowest BCUT2D eigenvalue weighted by molar-refractivity contribution is -0.870. The van der Waals surface area contributed by atoms with E-state index < -0.39 is 15.6 Å². The summed E-state index contributed by atoms with van der Waals surface area (Å²) in [5.74, 6) is 1.99. The molecule has 13 nitrogen and oxygen atoms in total. The standard InChI is InChI=1S/C40H78N2O11P2/c1-11-12-13-14-30(2)33-15-16-34-38-35(29-37(40(33,34)4)49-24-26-53-55(46,47)51-22-20-42(8,9)10)39(3)18-17-32(43)27-31(39)28-36(38)48-23-25-52-54(44,45)50-21-19-41(5,6)7/h30-38,43H,11-29H2,1-10H3/t30-,31+,32-,33-,34+,35+,36-,37+,38+,39+,40-/m1/s1. The number of likely N-dealkylation sites (N-methyl/N-ethyl adjacent to an activating group) is 2. The second-order valence-corrected chi connectivity index (χ2v) is 22.8. The summed E-state index contributed by atoms with van der Waals surface area (Å²) < 4.78 is 60.8. The van der Waals surface area contributed by atoms with Gasteiger partial charge in [0.1, 0.15) is 26.3 Å². The highest BCUT2D eigenvalue weighted by atomic mass is 31.2. The average Bonchev–Trinajstić information content (AvgIpc) is 3.42. The Labute approximate surface area is 333 Å². The van der Waals surface area contributed by atoms with Gasteiger partial charge in [0.05, 0.1) is 87.0 Å². The van der Waals surface area contributed by atoms with Gasteiger partial charge in [0.2, 0.25) is 0 Å². The molecule has 0 aromatic heterocycles. The number of quaternary nitrogens is 2. The molecule has 0 amide bonds. The van der Waals surface area contributed by atoms with E-state index in [4.69, 9.17) is 27.6 Å². The van der Waals surface area contributed by atoms with Gasteiger partial charge in [-0.25, -0.2) is 0 Å². The topological polar surface area (TPSA) is 156 Å². The first-order chi connectivity index (χ1) is 25.5. The summed E-state index contributed by atoms with van der Waals surface area (Å²) in [6.45, 7) is 10.7. The van der Waals surface area contributed by atoms with Crippen LogP contribution in [0.25, 0.3) is 0 Å². The monoisotopic (exact) mass is 825 g/mol. The Bertz CT molecular complexity index is 1300. The third kappa shape index (κ3) is 13.0. The molecular formula is C40H78N2O11P2. The summed E-state index contributed by atoms with van der Waals surface area (Å²) in [4.78, 5) is 25.2. The fraction of sp³-hybridized carbons (Fsp3) is 1.00. The van der Waals surface area contributed by atoms with Gasteiger partial charge < -0.3 is 51.4 Å². The molecule has 55 heavy (non-hydrogen) atoms. The van der Waals surface area contributed by atoms with Crippen molar-refractivity contribution in [3.05, 3.63) is 0 Å². The minimum Gasteiger partial charge on any atom is -0.756 e. The molecule has 1 N–H and O–H groups in total. The molecular weight excluding hydrogens is 746 g/mol. The number of nitrogens with zero attached hydrogens (tertiary/aromatic N) is 2. The van der Waals surface area contributed by atoms with E-state index in [2.05, 4.69) is 27.7 Å².